The molecule has 0 aromatic rings. The van der Waals surface area contributed by atoms with E-state index in [2.05, 4.69) is 0 Å². The van der Waals surface area contributed by atoms with Crippen molar-refractivity contribution in [1.82, 2.24) is 0 Å². The summed E-state index contributed by atoms with van der Waals surface area (Å²) in [5.74, 6) is -0.176. The van der Waals surface area contributed by atoms with Crippen molar-refractivity contribution in [3.8, 4) is 0 Å². The molecule has 1 aliphatic heterocycles. The summed E-state index contributed by atoms with van der Waals surface area (Å²) in [5, 5.41) is 36.9. The number of carbonyl (C=O) groups excluding carboxylic acids is 1. The molecule has 0 aromatic heterocycles. The summed E-state index contributed by atoms with van der Waals surface area (Å²) >= 11 is 0. The lowest BCUT2D eigenvalue weighted by atomic mass is 10.0. The van der Waals surface area contributed by atoms with Crippen LogP contribution in [-0.4, -0.2) is 63.3 Å². The van der Waals surface area contributed by atoms with E-state index >= 15 is 0 Å². The molecule has 88 valence electrons. The fourth-order valence-electron chi connectivity index (χ4n) is 1.65. The van der Waals surface area contributed by atoms with Crippen LogP contribution in [0.15, 0.2) is 0 Å². The summed E-state index contributed by atoms with van der Waals surface area (Å²) in [6.07, 6.45) is -5.63. The van der Waals surface area contributed by atoms with E-state index in [1.165, 1.54) is 6.92 Å². The molecule has 0 spiro atoms. The molecule has 0 radical (unpaired) electrons. The van der Waals surface area contributed by atoms with Crippen molar-refractivity contribution in [1.29, 1.82) is 0 Å². The minimum atomic E-state index is -1.28. The lowest BCUT2D eigenvalue weighted by Gasteiger charge is -2.18. The van der Waals surface area contributed by atoms with Gasteiger partial charge in [-0.15, -0.1) is 0 Å². The van der Waals surface area contributed by atoms with Crippen LogP contribution in [0.2, 0.25) is 0 Å². The van der Waals surface area contributed by atoms with Crippen LogP contribution in [0.3, 0.4) is 0 Å². The second kappa shape index (κ2) is 5.00. The second-order valence-corrected chi connectivity index (χ2v) is 3.78. The Morgan fingerprint density at radius 3 is 2.47 bits per heavy atom. The second-order valence-electron chi connectivity index (χ2n) is 3.78. The molecule has 4 N–H and O–H groups in total. The number of ether oxygens (including phenoxy) is 1. The zero-order chi connectivity index (χ0) is 11.6. The smallest absolute Gasteiger partial charge is 0.132 e. The van der Waals surface area contributed by atoms with Crippen molar-refractivity contribution < 1.29 is 30.0 Å². The zero-order valence-corrected chi connectivity index (χ0v) is 8.41. The monoisotopic (exact) mass is 220 g/mol. The van der Waals surface area contributed by atoms with Gasteiger partial charge in [0, 0.05) is 6.42 Å². The van der Waals surface area contributed by atoms with Crippen molar-refractivity contribution in [2.24, 2.45) is 0 Å². The van der Waals surface area contributed by atoms with Crippen LogP contribution in [0.4, 0.5) is 0 Å². The predicted octanol–water partition coefficient (Wildman–Crippen LogP) is -2.19. The number of ketones is 1. The summed E-state index contributed by atoms with van der Waals surface area (Å²) < 4.78 is 5.12. The number of aliphatic hydroxyl groups is 4. The summed E-state index contributed by atoms with van der Waals surface area (Å²) in [6, 6.07) is 0. The highest BCUT2D eigenvalue weighted by atomic mass is 16.6. The average Bonchev–Trinajstić information content (AvgIpc) is 2.44. The van der Waals surface area contributed by atoms with Crippen molar-refractivity contribution in [3.63, 3.8) is 0 Å². The first-order valence-electron chi connectivity index (χ1n) is 4.77. The number of hydrogen-bond donors (Lipinski definition) is 4. The minimum absolute atomic E-state index is 0.0210. The van der Waals surface area contributed by atoms with Gasteiger partial charge >= 0.3 is 0 Å². The summed E-state index contributed by atoms with van der Waals surface area (Å²) in [7, 11) is 0. The molecule has 0 bridgehead atoms. The van der Waals surface area contributed by atoms with E-state index in [9.17, 15) is 20.1 Å². The molecule has 6 nitrogen and oxygen atoms in total. The fraction of sp³-hybridized carbons (Fsp3) is 0.889. The van der Waals surface area contributed by atoms with Gasteiger partial charge in [-0.25, -0.2) is 0 Å². The molecule has 0 amide bonds. The zero-order valence-electron chi connectivity index (χ0n) is 8.41. The van der Waals surface area contributed by atoms with Crippen LogP contribution in [0.5, 0.6) is 0 Å². The molecular weight excluding hydrogens is 204 g/mol. The normalized spacial score (nSPS) is 37.9. The molecule has 0 unspecified atom stereocenters. The van der Waals surface area contributed by atoms with Crippen molar-refractivity contribution in [2.45, 2.75) is 43.9 Å². The van der Waals surface area contributed by atoms with Crippen molar-refractivity contribution in [2.75, 3.05) is 6.61 Å². The minimum Gasteiger partial charge on any atom is -0.394 e. The third kappa shape index (κ3) is 2.73. The first-order valence-corrected chi connectivity index (χ1v) is 4.77. The predicted molar refractivity (Wildman–Crippen MR) is 49.1 cm³/mol. The summed E-state index contributed by atoms with van der Waals surface area (Å²) in [6.45, 7) is 0.777. The Kier molecular flexibility index (Phi) is 4.18. The maximum atomic E-state index is 10.8. The molecule has 0 aliphatic carbocycles. The largest absolute Gasteiger partial charge is 0.394 e. The SMILES string of the molecule is CC(=O)C[C@H]1O[C@@H]([C@H](O)CO)[C@H](O)[C@H]1O. The molecule has 1 rings (SSSR count). The van der Waals surface area contributed by atoms with Gasteiger partial charge in [0.15, 0.2) is 0 Å². The highest BCUT2D eigenvalue weighted by Gasteiger charge is 2.45. The topological polar surface area (TPSA) is 107 Å². The molecule has 1 heterocycles. The number of carbonyl (C=O) groups is 1. The lowest BCUT2D eigenvalue weighted by molar-refractivity contribution is -0.122. The molecule has 1 aliphatic rings. The van der Waals surface area contributed by atoms with E-state index in [-0.39, 0.29) is 12.2 Å². The first kappa shape index (κ1) is 12.5. The summed E-state index contributed by atoms with van der Waals surface area (Å²) in [5.41, 5.74) is 0. The Bertz CT molecular complexity index is 231. The number of aliphatic hydroxyl groups excluding tert-OH is 4. The van der Waals surface area contributed by atoms with Crippen molar-refractivity contribution in [3.05, 3.63) is 0 Å². The van der Waals surface area contributed by atoms with Gasteiger partial charge in [-0.3, -0.25) is 4.79 Å². The van der Waals surface area contributed by atoms with Crippen LogP contribution >= 0.6 is 0 Å². The molecule has 6 heteroatoms. The highest BCUT2D eigenvalue weighted by molar-refractivity contribution is 5.76. The van der Waals surface area contributed by atoms with Crippen LogP contribution in [0, 0.1) is 0 Å². The fourth-order valence-corrected chi connectivity index (χ4v) is 1.65. The van der Waals surface area contributed by atoms with Gasteiger partial charge in [0.1, 0.15) is 30.2 Å². The van der Waals surface area contributed by atoms with Crippen molar-refractivity contribution >= 4 is 5.78 Å². The molecule has 0 aromatic carbocycles. The molecule has 15 heavy (non-hydrogen) atoms. The Morgan fingerprint density at radius 2 is 2.00 bits per heavy atom. The van der Waals surface area contributed by atoms with E-state index < -0.39 is 37.1 Å². The third-order valence-electron chi connectivity index (χ3n) is 2.45. The number of rotatable bonds is 4. The van der Waals surface area contributed by atoms with Crippen LogP contribution < -0.4 is 0 Å². The van der Waals surface area contributed by atoms with Crippen LogP contribution in [-0.2, 0) is 9.53 Å². The lowest BCUT2D eigenvalue weighted by Crippen LogP contribution is -2.40. The molecular formula is C9H16O6. The molecule has 0 saturated carbocycles. The Labute approximate surface area is 87.1 Å². The van der Waals surface area contributed by atoms with Gasteiger partial charge in [0.2, 0.25) is 0 Å². The van der Waals surface area contributed by atoms with Gasteiger partial charge in [0.05, 0.1) is 12.7 Å². The molecule has 5 atom stereocenters. The van der Waals surface area contributed by atoms with E-state index in [0.29, 0.717) is 0 Å². The van der Waals surface area contributed by atoms with Crippen LogP contribution in [0.25, 0.3) is 0 Å². The van der Waals surface area contributed by atoms with Gasteiger partial charge < -0.3 is 25.2 Å². The van der Waals surface area contributed by atoms with Gasteiger partial charge in [-0.2, -0.15) is 0 Å². The number of Topliss-reactive ketones (excluding diaryl/α,β-unsaturated/α-hetero) is 1. The van der Waals surface area contributed by atoms with E-state index in [0.717, 1.165) is 0 Å². The Morgan fingerprint density at radius 1 is 1.40 bits per heavy atom. The Balaban J connectivity index is 2.62. The molecule has 1 saturated heterocycles. The first-order chi connectivity index (χ1) is 6.97. The average molecular weight is 220 g/mol. The maximum absolute atomic E-state index is 10.8. The summed E-state index contributed by atoms with van der Waals surface area (Å²) in [4.78, 5) is 10.8. The Hall–Kier alpha value is -0.530. The van der Waals surface area contributed by atoms with E-state index in [1.807, 2.05) is 0 Å². The van der Waals surface area contributed by atoms with Gasteiger partial charge in [-0.05, 0) is 6.92 Å². The highest BCUT2D eigenvalue weighted by Crippen LogP contribution is 2.25. The number of hydrogen-bond acceptors (Lipinski definition) is 6. The van der Waals surface area contributed by atoms with E-state index in [1.54, 1.807) is 0 Å². The maximum Gasteiger partial charge on any atom is 0.132 e. The molecule has 1 fully saturated rings. The third-order valence-corrected chi connectivity index (χ3v) is 2.45. The van der Waals surface area contributed by atoms with Gasteiger partial charge in [-0.1, -0.05) is 0 Å². The van der Waals surface area contributed by atoms with Crippen LogP contribution in [0.1, 0.15) is 13.3 Å². The van der Waals surface area contributed by atoms with E-state index in [4.69, 9.17) is 9.84 Å². The quantitative estimate of drug-likeness (QED) is 0.428. The standard InChI is InChI=1S/C9H16O6/c1-4(11)2-6-7(13)8(14)9(15-6)5(12)3-10/h5-10,12-14H,2-3H2,1H3/t5-,6-,7+,8-,9+/m1/s1. The van der Waals surface area contributed by atoms with Gasteiger partial charge in [0.25, 0.3) is 0 Å².